The number of carbonyl (C=O) groups excluding carboxylic acids is 2. The third-order valence-corrected chi connectivity index (χ3v) is 4.13. The van der Waals surface area contributed by atoms with Crippen molar-refractivity contribution < 1.29 is 18.7 Å². The maximum absolute atomic E-state index is 13.3. The topological polar surface area (TPSA) is 62.4 Å². The fraction of sp³-hybridized carbons (Fsp3) is 0.200. The van der Waals surface area contributed by atoms with Crippen LogP contribution in [0.25, 0.3) is 10.9 Å². The van der Waals surface area contributed by atoms with Gasteiger partial charge >= 0.3 is 5.97 Å². The Hall–Kier alpha value is -3.15. The minimum Gasteiger partial charge on any atom is -0.452 e. The number of H-pyrrole nitrogens is 1. The van der Waals surface area contributed by atoms with Crippen molar-refractivity contribution in [2.75, 3.05) is 13.2 Å². The molecule has 5 nitrogen and oxygen atoms in total. The van der Waals surface area contributed by atoms with E-state index in [-0.39, 0.29) is 24.9 Å². The van der Waals surface area contributed by atoms with Gasteiger partial charge in [0.1, 0.15) is 5.82 Å². The molecule has 134 valence electrons. The molecule has 0 radical (unpaired) electrons. The number of rotatable bonds is 6. The summed E-state index contributed by atoms with van der Waals surface area (Å²) in [7, 11) is 0. The first-order valence-electron chi connectivity index (χ1n) is 8.34. The summed E-state index contributed by atoms with van der Waals surface area (Å²) in [6.45, 7) is 2.15. The number of nitrogens with zero attached hydrogens (tertiary/aromatic N) is 1. The third kappa shape index (κ3) is 3.91. The fourth-order valence-electron chi connectivity index (χ4n) is 2.77. The van der Waals surface area contributed by atoms with Crippen LogP contribution < -0.4 is 0 Å². The summed E-state index contributed by atoms with van der Waals surface area (Å²) >= 11 is 0. The number of aromatic amines is 1. The first-order chi connectivity index (χ1) is 12.6. The Labute approximate surface area is 150 Å². The molecule has 0 saturated heterocycles. The van der Waals surface area contributed by atoms with Crippen LogP contribution in [0.5, 0.6) is 0 Å². The molecule has 0 aliphatic heterocycles. The van der Waals surface area contributed by atoms with Gasteiger partial charge in [-0.15, -0.1) is 0 Å². The Bertz CT molecular complexity index is 935. The van der Waals surface area contributed by atoms with Crippen LogP contribution in [0, 0.1) is 5.82 Å². The van der Waals surface area contributed by atoms with Crippen LogP contribution in [-0.4, -0.2) is 34.9 Å². The molecule has 1 heterocycles. The molecule has 3 aromatic rings. The lowest BCUT2D eigenvalue weighted by atomic mass is 10.2. The SMILES string of the molecule is CCN(Cc1cccc(F)c1)C(=O)COC(=O)c1c[nH]c2ccccc12. The number of halogens is 1. The summed E-state index contributed by atoms with van der Waals surface area (Å²) in [5, 5.41) is 0.747. The Morgan fingerprint density at radius 1 is 1.15 bits per heavy atom. The van der Waals surface area contributed by atoms with E-state index in [1.165, 1.54) is 17.0 Å². The molecule has 2 aromatic carbocycles. The van der Waals surface area contributed by atoms with Crippen molar-refractivity contribution in [3.8, 4) is 0 Å². The highest BCUT2D eigenvalue weighted by Gasteiger charge is 2.18. The molecule has 0 bridgehead atoms. The van der Waals surface area contributed by atoms with Crippen LogP contribution in [0.2, 0.25) is 0 Å². The molecule has 0 saturated carbocycles. The molecular formula is C20H19FN2O3. The Balaban J connectivity index is 1.62. The lowest BCUT2D eigenvalue weighted by Gasteiger charge is -2.20. The third-order valence-electron chi connectivity index (χ3n) is 4.13. The minimum absolute atomic E-state index is 0.262. The van der Waals surface area contributed by atoms with E-state index in [9.17, 15) is 14.0 Å². The Kier molecular flexibility index (Phi) is 5.31. The molecule has 1 N–H and O–H groups in total. The maximum Gasteiger partial charge on any atom is 0.340 e. The molecular weight excluding hydrogens is 335 g/mol. The zero-order valence-corrected chi connectivity index (χ0v) is 14.4. The van der Waals surface area contributed by atoms with Gasteiger partial charge < -0.3 is 14.6 Å². The van der Waals surface area contributed by atoms with Crippen molar-refractivity contribution >= 4 is 22.8 Å². The van der Waals surface area contributed by atoms with Crippen LogP contribution in [0.1, 0.15) is 22.8 Å². The summed E-state index contributed by atoms with van der Waals surface area (Å²) in [4.78, 5) is 29.1. The van der Waals surface area contributed by atoms with Crippen molar-refractivity contribution in [2.24, 2.45) is 0 Å². The van der Waals surface area contributed by atoms with Crippen LogP contribution in [-0.2, 0) is 16.1 Å². The number of nitrogens with one attached hydrogen (secondary N) is 1. The molecule has 26 heavy (non-hydrogen) atoms. The van der Waals surface area contributed by atoms with E-state index < -0.39 is 5.97 Å². The van der Waals surface area contributed by atoms with Gasteiger partial charge in [-0.3, -0.25) is 4.79 Å². The molecule has 3 rings (SSSR count). The highest BCUT2D eigenvalue weighted by molar-refractivity contribution is 6.04. The predicted octanol–water partition coefficient (Wildman–Crippen LogP) is 3.51. The molecule has 0 aliphatic carbocycles. The maximum atomic E-state index is 13.3. The molecule has 1 amide bonds. The Morgan fingerprint density at radius 2 is 1.96 bits per heavy atom. The quantitative estimate of drug-likeness (QED) is 0.689. The number of aromatic nitrogens is 1. The van der Waals surface area contributed by atoms with Crippen LogP contribution in [0.4, 0.5) is 4.39 Å². The number of hydrogen-bond donors (Lipinski definition) is 1. The van der Waals surface area contributed by atoms with E-state index in [4.69, 9.17) is 4.74 Å². The monoisotopic (exact) mass is 354 g/mol. The summed E-state index contributed by atoms with van der Waals surface area (Å²) in [6, 6.07) is 13.4. The predicted molar refractivity (Wildman–Crippen MR) is 96.1 cm³/mol. The number of benzene rings is 2. The molecule has 0 spiro atoms. The van der Waals surface area contributed by atoms with Gasteiger partial charge in [0, 0.05) is 30.2 Å². The molecule has 6 heteroatoms. The second-order valence-electron chi connectivity index (χ2n) is 5.86. The van der Waals surface area contributed by atoms with E-state index in [0.717, 1.165) is 10.9 Å². The first-order valence-corrected chi connectivity index (χ1v) is 8.34. The number of carbonyl (C=O) groups is 2. The minimum atomic E-state index is -0.558. The largest absolute Gasteiger partial charge is 0.452 e. The number of amides is 1. The first kappa shape index (κ1) is 17.7. The molecule has 0 unspecified atom stereocenters. The summed E-state index contributed by atoms with van der Waals surface area (Å²) in [6.07, 6.45) is 1.57. The highest BCUT2D eigenvalue weighted by Crippen LogP contribution is 2.18. The smallest absolute Gasteiger partial charge is 0.340 e. The van der Waals surface area contributed by atoms with Crippen molar-refractivity contribution in [1.82, 2.24) is 9.88 Å². The number of para-hydroxylation sites is 1. The average molecular weight is 354 g/mol. The lowest BCUT2D eigenvalue weighted by molar-refractivity contribution is -0.134. The standard InChI is InChI=1S/C20H19FN2O3/c1-2-23(12-14-6-5-7-15(21)10-14)19(24)13-26-20(25)17-11-22-18-9-4-3-8-16(17)18/h3-11,22H,2,12-13H2,1H3. The second-order valence-corrected chi connectivity index (χ2v) is 5.86. The molecule has 1 aromatic heterocycles. The van der Waals surface area contributed by atoms with E-state index in [2.05, 4.69) is 4.98 Å². The van der Waals surface area contributed by atoms with Gasteiger partial charge in [-0.2, -0.15) is 0 Å². The van der Waals surface area contributed by atoms with Gasteiger partial charge in [-0.05, 0) is 30.7 Å². The van der Waals surface area contributed by atoms with Gasteiger partial charge in [-0.25, -0.2) is 9.18 Å². The van der Waals surface area contributed by atoms with Crippen LogP contribution in [0.3, 0.4) is 0 Å². The summed E-state index contributed by atoms with van der Waals surface area (Å²) in [5.41, 5.74) is 1.90. The van der Waals surface area contributed by atoms with E-state index >= 15 is 0 Å². The van der Waals surface area contributed by atoms with Gasteiger partial charge in [0.2, 0.25) is 0 Å². The van der Waals surface area contributed by atoms with Gasteiger partial charge in [0.15, 0.2) is 6.61 Å². The second kappa shape index (κ2) is 7.82. The zero-order chi connectivity index (χ0) is 18.5. The summed E-state index contributed by atoms with van der Waals surface area (Å²) < 4.78 is 18.5. The van der Waals surface area contributed by atoms with Gasteiger partial charge in [0.25, 0.3) is 5.91 Å². The van der Waals surface area contributed by atoms with E-state index in [1.807, 2.05) is 31.2 Å². The number of ether oxygens (including phenoxy) is 1. The van der Waals surface area contributed by atoms with E-state index in [0.29, 0.717) is 17.7 Å². The number of fused-ring (bicyclic) bond motifs is 1. The van der Waals surface area contributed by atoms with Crippen LogP contribution in [0.15, 0.2) is 54.7 Å². The lowest BCUT2D eigenvalue weighted by Crippen LogP contribution is -2.34. The average Bonchev–Trinajstić information content (AvgIpc) is 3.08. The van der Waals surface area contributed by atoms with Gasteiger partial charge in [0.05, 0.1) is 5.56 Å². The molecule has 0 atom stereocenters. The molecule has 0 fully saturated rings. The Morgan fingerprint density at radius 3 is 2.73 bits per heavy atom. The number of hydrogen-bond acceptors (Lipinski definition) is 3. The molecule has 0 aliphatic rings. The number of likely N-dealkylation sites (N-methyl/N-ethyl adjacent to an activating group) is 1. The number of esters is 1. The van der Waals surface area contributed by atoms with Gasteiger partial charge in [-0.1, -0.05) is 30.3 Å². The van der Waals surface area contributed by atoms with Crippen molar-refractivity contribution in [1.29, 1.82) is 0 Å². The van der Waals surface area contributed by atoms with E-state index in [1.54, 1.807) is 18.3 Å². The summed E-state index contributed by atoms with van der Waals surface area (Å²) in [5.74, 6) is -1.24. The van der Waals surface area contributed by atoms with Crippen LogP contribution >= 0.6 is 0 Å². The van der Waals surface area contributed by atoms with Crippen molar-refractivity contribution in [3.05, 3.63) is 71.7 Å². The van der Waals surface area contributed by atoms with Crippen molar-refractivity contribution in [2.45, 2.75) is 13.5 Å². The zero-order valence-electron chi connectivity index (χ0n) is 14.4. The normalized spacial score (nSPS) is 10.7. The fourth-order valence-corrected chi connectivity index (χ4v) is 2.77. The highest BCUT2D eigenvalue weighted by atomic mass is 19.1. The van der Waals surface area contributed by atoms with Crippen molar-refractivity contribution in [3.63, 3.8) is 0 Å².